The van der Waals surface area contributed by atoms with Crippen LogP contribution in [0.25, 0.3) is 10.6 Å². The van der Waals surface area contributed by atoms with Crippen LogP contribution in [0.1, 0.15) is 15.9 Å². The SMILES string of the molecule is COc1ccccc1NC(=O)COC(=O)c1cn(Cc2ccccc2)nc1-c1cccs1. The number of esters is 1. The molecule has 0 aliphatic rings. The summed E-state index contributed by atoms with van der Waals surface area (Å²) < 4.78 is 12.2. The van der Waals surface area contributed by atoms with E-state index in [4.69, 9.17) is 9.47 Å². The molecule has 0 saturated heterocycles. The molecule has 4 aromatic rings. The Kier molecular flexibility index (Phi) is 6.62. The third-order valence-corrected chi connectivity index (χ3v) is 5.52. The van der Waals surface area contributed by atoms with E-state index in [1.54, 1.807) is 35.1 Å². The second-order valence-electron chi connectivity index (χ2n) is 6.88. The Morgan fingerprint density at radius 3 is 2.56 bits per heavy atom. The molecule has 0 unspecified atom stereocenters. The maximum Gasteiger partial charge on any atom is 0.342 e. The van der Waals surface area contributed by atoms with Gasteiger partial charge in [-0.05, 0) is 29.1 Å². The lowest BCUT2D eigenvalue weighted by Gasteiger charge is -2.10. The normalized spacial score (nSPS) is 10.5. The molecule has 0 spiro atoms. The Morgan fingerprint density at radius 2 is 1.81 bits per heavy atom. The number of thiophene rings is 1. The number of carbonyl (C=O) groups is 2. The second-order valence-corrected chi connectivity index (χ2v) is 7.82. The van der Waals surface area contributed by atoms with Crippen molar-refractivity contribution in [1.29, 1.82) is 0 Å². The van der Waals surface area contributed by atoms with Gasteiger partial charge in [-0.15, -0.1) is 11.3 Å². The lowest BCUT2D eigenvalue weighted by Crippen LogP contribution is -2.21. The van der Waals surface area contributed by atoms with E-state index in [0.29, 0.717) is 29.2 Å². The van der Waals surface area contributed by atoms with Gasteiger partial charge in [-0.25, -0.2) is 4.79 Å². The Morgan fingerprint density at radius 1 is 1.03 bits per heavy atom. The Labute approximate surface area is 189 Å². The standard InChI is InChI=1S/C24H21N3O4S/c1-30-20-11-6-5-10-19(20)25-22(28)16-31-24(29)18-15-27(14-17-8-3-2-4-9-17)26-23(18)21-12-7-13-32-21/h2-13,15H,14,16H2,1H3,(H,25,28). The molecule has 1 N–H and O–H groups in total. The van der Waals surface area contributed by atoms with Crippen LogP contribution >= 0.6 is 11.3 Å². The summed E-state index contributed by atoms with van der Waals surface area (Å²) in [5.74, 6) is -0.547. The van der Waals surface area contributed by atoms with Crippen LogP contribution in [-0.4, -0.2) is 35.4 Å². The second kappa shape index (κ2) is 9.93. The summed E-state index contributed by atoms with van der Waals surface area (Å²) in [6.07, 6.45) is 1.66. The minimum Gasteiger partial charge on any atom is -0.495 e. The molecule has 2 heterocycles. The largest absolute Gasteiger partial charge is 0.495 e. The zero-order chi connectivity index (χ0) is 22.3. The van der Waals surface area contributed by atoms with Crippen LogP contribution in [0.15, 0.2) is 78.3 Å². The Hall–Kier alpha value is -3.91. The molecule has 2 aromatic heterocycles. The van der Waals surface area contributed by atoms with Crippen molar-refractivity contribution in [2.45, 2.75) is 6.54 Å². The van der Waals surface area contributed by atoms with Gasteiger partial charge in [0, 0.05) is 6.20 Å². The Bertz CT molecular complexity index is 1200. The van der Waals surface area contributed by atoms with Crippen molar-refractivity contribution in [2.24, 2.45) is 0 Å². The highest BCUT2D eigenvalue weighted by Crippen LogP contribution is 2.28. The molecule has 0 atom stereocenters. The van der Waals surface area contributed by atoms with Gasteiger partial charge < -0.3 is 14.8 Å². The fourth-order valence-corrected chi connectivity index (χ4v) is 3.88. The van der Waals surface area contributed by atoms with Crippen molar-refractivity contribution >= 4 is 28.9 Å². The number of methoxy groups -OCH3 is 1. The van der Waals surface area contributed by atoms with Crippen molar-refractivity contribution in [1.82, 2.24) is 9.78 Å². The molecule has 32 heavy (non-hydrogen) atoms. The van der Waals surface area contributed by atoms with Gasteiger partial charge in [0.1, 0.15) is 17.0 Å². The first kappa shape index (κ1) is 21.3. The number of anilines is 1. The third kappa shape index (κ3) is 5.04. The van der Waals surface area contributed by atoms with Gasteiger partial charge in [0.25, 0.3) is 5.91 Å². The molecule has 8 heteroatoms. The zero-order valence-corrected chi connectivity index (χ0v) is 18.2. The van der Waals surface area contributed by atoms with Gasteiger partial charge >= 0.3 is 5.97 Å². The molecule has 0 fully saturated rings. The van der Waals surface area contributed by atoms with Crippen LogP contribution in [0.3, 0.4) is 0 Å². The first-order chi connectivity index (χ1) is 15.6. The topological polar surface area (TPSA) is 82.5 Å². The van der Waals surface area contributed by atoms with E-state index in [2.05, 4.69) is 10.4 Å². The van der Waals surface area contributed by atoms with E-state index in [1.165, 1.54) is 18.4 Å². The number of aromatic nitrogens is 2. The number of hydrogen-bond acceptors (Lipinski definition) is 6. The fourth-order valence-electron chi connectivity index (χ4n) is 3.16. The molecule has 7 nitrogen and oxygen atoms in total. The zero-order valence-electron chi connectivity index (χ0n) is 17.4. The average molecular weight is 448 g/mol. The summed E-state index contributed by atoms with van der Waals surface area (Å²) in [6.45, 7) is 0.0887. The van der Waals surface area contributed by atoms with E-state index < -0.39 is 18.5 Å². The van der Waals surface area contributed by atoms with E-state index >= 15 is 0 Å². The van der Waals surface area contributed by atoms with Crippen LogP contribution in [0, 0.1) is 0 Å². The van der Waals surface area contributed by atoms with Crippen LogP contribution in [-0.2, 0) is 16.1 Å². The maximum absolute atomic E-state index is 12.8. The predicted octanol–water partition coefficient (Wildman–Crippen LogP) is 4.46. The quantitative estimate of drug-likeness (QED) is 0.403. The van der Waals surface area contributed by atoms with Gasteiger partial charge in [-0.3, -0.25) is 9.48 Å². The minimum absolute atomic E-state index is 0.313. The van der Waals surface area contributed by atoms with Crippen LogP contribution in [0.5, 0.6) is 5.75 Å². The van der Waals surface area contributed by atoms with Crippen molar-refractivity contribution in [3.8, 4) is 16.3 Å². The predicted molar refractivity (Wildman–Crippen MR) is 123 cm³/mol. The van der Waals surface area contributed by atoms with Gasteiger partial charge in [0.2, 0.25) is 0 Å². The van der Waals surface area contributed by atoms with Gasteiger partial charge in [-0.2, -0.15) is 5.10 Å². The first-order valence-electron chi connectivity index (χ1n) is 9.89. The van der Waals surface area contributed by atoms with Gasteiger partial charge in [-0.1, -0.05) is 48.5 Å². The van der Waals surface area contributed by atoms with E-state index in [9.17, 15) is 9.59 Å². The summed E-state index contributed by atoms with van der Waals surface area (Å²) in [5, 5.41) is 9.20. The van der Waals surface area contributed by atoms with Crippen LogP contribution < -0.4 is 10.1 Å². The number of carbonyl (C=O) groups excluding carboxylic acids is 2. The number of nitrogens with one attached hydrogen (secondary N) is 1. The summed E-state index contributed by atoms with van der Waals surface area (Å²) in [6, 6.07) is 20.6. The first-order valence-corrected chi connectivity index (χ1v) is 10.8. The lowest BCUT2D eigenvalue weighted by molar-refractivity contribution is -0.119. The third-order valence-electron chi connectivity index (χ3n) is 4.64. The summed E-state index contributed by atoms with van der Waals surface area (Å²) in [5.41, 5.74) is 2.41. The molecule has 0 aliphatic heterocycles. The molecular formula is C24H21N3O4S. The van der Waals surface area contributed by atoms with Gasteiger partial charge in [0.05, 0.1) is 24.2 Å². The van der Waals surface area contributed by atoms with Crippen molar-refractivity contribution < 1.29 is 19.1 Å². The van der Waals surface area contributed by atoms with Crippen molar-refractivity contribution in [3.05, 3.63) is 89.4 Å². The number of para-hydroxylation sites is 2. The molecule has 0 radical (unpaired) electrons. The number of ether oxygens (including phenoxy) is 2. The molecule has 0 saturated carbocycles. The monoisotopic (exact) mass is 447 g/mol. The molecule has 4 rings (SSSR count). The van der Waals surface area contributed by atoms with E-state index in [1.807, 2.05) is 47.8 Å². The molecule has 2 aromatic carbocycles. The number of hydrogen-bond donors (Lipinski definition) is 1. The number of benzene rings is 2. The summed E-state index contributed by atoms with van der Waals surface area (Å²) in [4.78, 5) is 26.0. The number of nitrogens with zero attached hydrogens (tertiary/aromatic N) is 2. The number of rotatable bonds is 8. The Balaban J connectivity index is 1.48. The van der Waals surface area contributed by atoms with Crippen molar-refractivity contribution in [2.75, 3.05) is 19.0 Å². The molecular weight excluding hydrogens is 426 g/mol. The summed E-state index contributed by atoms with van der Waals surface area (Å²) >= 11 is 1.48. The lowest BCUT2D eigenvalue weighted by atomic mass is 10.2. The number of amides is 1. The smallest absolute Gasteiger partial charge is 0.342 e. The van der Waals surface area contributed by atoms with E-state index in [-0.39, 0.29) is 0 Å². The molecule has 162 valence electrons. The van der Waals surface area contributed by atoms with Crippen LogP contribution in [0.2, 0.25) is 0 Å². The minimum atomic E-state index is -0.608. The maximum atomic E-state index is 12.8. The molecule has 1 amide bonds. The van der Waals surface area contributed by atoms with Crippen molar-refractivity contribution in [3.63, 3.8) is 0 Å². The highest BCUT2D eigenvalue weighted by atomic mass is 32.1. The van der Waals surface area contributed by atoms with Gasteiger partial charge in [0.15, 0.2) is 6.61 Å². The summed E-state index contributed by atoms with van der Waals surface area (Å²) in [7, 11) is 1.52. The fraction of sp³-hybridized carbons (Fsp3) is 0.125. The van der Waals surface area contributed by atoms with E-state index in [0.717, 1.165) is 10.4 Å². The highest BCUT2D eigenvalue weighted by molar-refractivity contribution is 7.13. The molecule has 0 bridgehead atoms. The molecule has 0 aliphatic carbocycles. The highest BCUT2D eigenvalue weighted by Gasteiger charge is 2.21. The van der Waals surface area contributed by atoms with Crippen LogP contribution in [0.4, 0.5) is 5.69 Å². The average Bonchev–Trinajstić information content (AvgIpc) is 3.49.